The molecule has 27 heavy (non-hydrogen) atoms. The first-order chi connectivity index (χ1) is 12.8. The van der Waals surface area contributed by atoms with Crippen LogP contribution >= 0.6 is 22.9 Å². The number of hydrogen-bond acceptors (Lipinski definition) is 5. The zero-order valence-electron chi connectivity index (χ0n) is 15.3. The zero-order valence-corrected chi connectivity index (χ0v) is 17.6. The fraction of sp³-hybridized carbons (Fsp3) is 0.389. The summed E-state index contributed by atoms with van der Waals surface area (Å²) in [6.45, 7) is 3.61. The van der Waals surface area contributed by atoms with E-state index in [0.29, 0.717) is 13.1 Å². The van der Waals surface area contributed by atoms with E-state index in [0.717, 1.165) is 23.9 Å². The molecule has 1 saturated heterocycles. The topological polar surface area (TPSA) is 60.9 Å². The Morgan fingerprint density at radius 1 is 1.19 bits per heavy atom. The second-order valence-corrected chi connectivity index (χ2v) is 10.2. The molecule has 0 radical (unpaired) electrons. The van der Waals surface area contributed by atoms with Crippen molar-refractivity contribution in [3.8, 4) is 0 Å². The maximum absolute atomic E-state index is 12.9. The van der Waals surface area contributed by atoms with Crippen LogP contribution in [0.1, 0.15) is 15.2 Å². The van der Waals surface area contributed by atoms with Gasteiger partial charge in [0.05, 0.1) is 15.5 Å². The number of hydrogen-bond donors (Lipinski definition) is 0. The Balaban J connectivity index is 1.71. The van der Waals surface area contributed by atoms with Crippen molar-refractivity contribution in [3.63, 3.8) is 0 Å². The van der Waals surface area contributed by atoms with Crippen LogP contribution in [0, 0.1) is 0 Å². The molecule has 146 valence electrons. The number of carbonyl (C=O) groups excluding carboxylic acids is 1. The van der Waals surface area contributed by atoms with Gasteiger partial charge in [-0.3, -0.25) is 9.69 Å². The first-order valence-corrected chi connectivity index (χ1v) is 11.2. The minimum absolute atomic E-state index is 0.0663. The lowest BCUT2D eigenvalue weighted by atomic mass is 10.1. The molecular weight excluding hydrogens is 406 g/mol. The lowest BCUT2D eigenvalue weighted by Crippen LogP contribution is -2.48. The molecule has 0 spiro atoms. The first-order valence-electron chi connectivity index (χ1n) is 8.55. The summed E-state index contributed by atoms with van der Waals surface area (Å²) in [5.74, 6) is -0.230. The first kappa shape index (κ1) is 20.3. The van der Waals surface area contributed by atoms with E-state index in [1.807, 2.05) is 6.07 Å². The third-order valence-electron chi connectivity index (χ3n) is 4.57. The molecule has 0 saturated carbocycles. The molecule has 1 aromatic carbocycles. The quantitative estimate of drug-likeness (QED) is 0.735. The van der Waals surface area contributed by atoms with E-state index < -0.39 is 10.0 Å². The van der Waals surface area contributed by atoms with Crippen LogP contribution in [0.2, 0.25) is 5.02 Å². The maximum Gasteiger partial charge on any atom is 0.255 e. The average Bonchev–Trinajstić information content (AvgIpc) is 3.15. The molecule has 0 unspecified atom stereocenters. The summed E-state index contributed by atoms with van der Waals surface area (Å²) in [5.41, 5.74) is 0.228. The number of piperazine rings is 1. The van der Waals surface area contributed by atoms with Gasteiger partial charge < -0.3 is 4.90 Å². The molecule has 1 fully saturated rings. The summed E-state index contributed by atoms with van der Waals surface area (Å²) in [6, 6.07) is 8.42. The molecule has 0 atom stereocenters. The second-order valence-electron chi connectivity index (χ2n) is 6.58. The number of sulfonamides is 1. The summed E-state index contributed by atoms with van der Waals surface area (Å²) in [6.07, 6.45) is 0. The van der Waals surface area contributed by atoms with Crippen LogP contribution in [0.3, 0.4) is 0 Å². The van der Waals surface area contributed by atoms with E-state index in [-0.39, 0.29) is 21.4 Å². The smallest absolute Gasteiger partial charge is 0.255 e. The van der Waals surface area contributed by atoms with Crippen LogP contribution in [0.15, 0.2) is 40.6 Å². The number of thiophene rings is 1. The Morgan fingerprint density at radius 3 is 2.48 bits per heavy atom. The van der Waals surface area contributed by atoms with Crippen molar-refractivity contribution in [1.29, 1.82) is 0 Å². The Kier molecular flexibility index (Phi) is 6.22. The summed E-state index contributed by atoms with van der Waals surface area (Å²) in [4.78, 5) is 18.3. The molecule has 1 aliphatic rings. The van der Waals surface area contributed by atoms with Crippen molar-refractivity contribution in [1.82, 2.24) is 14.1 Å². The molecule has 0 N–H and O–H groups in total. The summed E-state index contributed by atoms with van der Waals surface area (Å²) >= 11 is 7.93. The van der Waals surface area contributed by atoms with Crippen molar-refractivity contribution in [2.45, 2.75) is 11.4 Å². The number of nitrogens with zero attached hydrogens (tertiary/aromatic N) is 3. The lowest BCUT2D eigenvalue weighted by molar-refractivity contribution is 0.0629. The summed E-state index contributed by atoms with van der Waals surface area (Å²) in [7, 11) is -0.708. The molecule has 3 rings (SSSR count). The molecule has 2 aromatic rings. The van der Waals surface area contributed by atoms with Gasteiger partial charge in [0, 0.05) is 51.7 Å². The van der Waals surface area contributed by atoms with Gasteiger partial charge in [-0.15, -0.1) is 11.3 Å². The van der Waals surface area contributed by atoms with Crippen molar-refractivity contribution < 1.29 is 13.2 Å². The Bertz CT molecular complexity index is 906. The van der Waals surface area contributed by atoms with Crippen LogP contribution in [-0.2, 0) is 16.6 Å². The van der Waals surface area contributed by atoms with Crippen molar-refractivity contribution in [2.75, 3.05) is 40.3 Å². The van der Waals surface area contributed by atoms with E-state index >= 15 is 0 Å². The minimum atomic E-state index is -3.62. The normalized spacial score (nSPS) is 16.1. The molecule has 9 heteroatoms. The Labute approximate surface area is 169 Å². The molecular formula is C18H22ClN3O3S2. The van der Waals surface area contributed by atoms with Crippen LogP contribution in [0.25, 0.3) is 0 Å². The fourth-order valence-corrected chi connectivity index (χ4v) is 4.81. The second kappa shape index (κ2) is 8.28. The molecule has 1 aromatic heterocycles. The number of halogens is 1. The van der Waals surface area contributed by atoms with Gasteiger partial charge in [-0.25, -0.2) is 12.7 Å². The van der Waals surface area contributed by atoms with Gasteiger partial charge in [0.25, 0.3) is 5.91 Å². The van der Waals surface area contributed by atoms with Crippen molar-refractivity contribution >= 4 is 38.9 Å². The highest BCUT2D eigenvalue weighted by atomic mass is 35.5. The predicted molar refractivity (Wildman–Crippen MR) is 108 cm³/mol. The van der Waals surface area contributed by atoms with Crippen LogP contribution in [0.5, 0.6) is 0 Å². The number of amides is 1. The van der Waals surface area contributed by atoms with Gasteiger partial charge >= 0.3 is 0 Å². The third-order valence-corrected chi connectivity index (χ3v) is 7.57. The van der Waals surface area contributed by atoms with Gasteiger partial charge in [0.15, 0.2) is 0 Å². The number of benzene rings is 1. The molecule has 6 nitrogen and oxygen atoms in total. The van der Waals surface area contributed by atoms with E-state index in [1.54, 1.807) is 16.2 Å². The van der Waals surface area contributed by atoms with Crippen molar-refractivity contribution in [2.24, 2.45) is 0 Å². The van der Waals surface area contributed by atoms with Gasteiger partial charge in [-0.05, 0) is 29.6 Å². The molecule has 0 aliphatic carbocycles. The third kappa shape index (κ3) is 4.52. The standard InChI is InChI=1S/C18H22ClN3O3S2/c1-20(2)27(24,25)15-5-6-17(19)16(12-15)18(23)22-9-7-21(8-10-22)13-14-4-3-11-26-14/h3-6,11-12H,7-10,13H2,1-2H3. The molecule has 2 heterocycles. The summed E-state index contributed by atoms with van der Waals surface area (Å²) in [5, 5.41) is 2.32. The average molecular weight is 428 g/mol. The number of carbonyl (C=O) groups is 1. The Hall–Kier alpha value is -1.45. The van der Waals surface area contributed by atoms with E-state index in [9.17, 15) is 13.2 Å². The maximum atomic E-state index is 12.9. The lowest BCUT2D eigenvalue weighted by Gasteiger charge is -2.34. The predicted octanol–water partition coefficient (Wildman–Crippen LogP) is 2.61. The van der Waals surface area contributed by atoms with Gasteiger partial charge in [0.2, 0.25) is 10.0 Å². The largest absolute Gasteiger partial charge is 0.336 e. The van der Waals surface area contributed by atoms with Crippen LogP contribution in [0.4, 0.5) is 0 Å². The molecule has 0 bridgehead atoms. The van der Waals surface area contributed by atoms with Crippen LogP contribution in [-0.4, -0.2) is 68.7 Å². The highest BCUT2D eigenvalue weighted by Gasteiger charge is 2.26. The van der Waals surface area contributed by atoms with Gasteiger partial charge in [-0.2, -0.15) is 0 Å². The van der Waals surface area contributed by atoms with Gasteiger partial charge in [-0.1, -0.05) is 17.7 Å². The molecule has 1 aliphatic heterocycles. The highest BCUT2D eigenvalue weighted by molar-refractivity contribution is 7.89. The highest BCUT2D eigenvalue weighted by Crippen LogP contribution is 2.24. The fourth-order valence-electron chi connectivity index (χ4n) is 2.94. The monoisotopic (exact) mass is 427 g/mol. The van der Waals surface area contributed by atoms with E-state index in [1.165, 1.54) is 37.2 Å². The van der Waals surface area contributed by atoms with E-state index in [4.69, 9.17) is 11.6 Å². The number of rotatable bonds is 5. The van der Waals surface area contributed by atoms with Crippen LogP contribution < -0.4 is 0 Å². The zero-order chi connectivity index (χ0) is 19.6. The summed E-state index contributed by atoms with van der Waals surface area (Å²) < 4.78 is 25.8. The minimum Gasteiger partial charge on any atom is -0.336 e. The van der Waals surface area contributed by atoms with Gasteiger partial charge in [0.1, 0.15) is 0 Å². The Morgan fingerprint density at radius 2 is 1.89 bits per heavy atom. The molecule has 1 amide bonds. The van der Waals surface area contributed by atoms with E-state index in [2.05, 4.69) is 16.3 Å². The van der Waals surface area contributed by atoms with Crippen molar-refractivity contribution in [3.05, 3.63) is 51.2 Å². The SMILES string of the molecule is CN(C)S(=O)(=O)c1ccc(Cl)c(C(=O)N2CCN(Cc3cccs3)CC2)c1.